The molecule has 11 heteroatoms. The van der Waals surface area contributed by atoms with Gasteiger partial charge in [-0.05, 0) is 31.0 Å². The standard InChI is InChI=1S/C20H22N10O/c21-10-12-5-6-13(9-17(12)30-25-7-8-26-30)27-19-14(18(23)31)11-24-20(29-19)28-16-4-2-1-3-15(16)22/h5-9,11,15-16H,1-4,22H2,(H2,23,31)(H2,24,27,28,29)/t15-,16+/m0/s1. The summed E-state index contributed by atoms with van der Waals surface area (Å²) in [5, 5.41) is 23.9. The van der Waals surface area contributed by atoms with Crippen LogP contribution in [0, 0.1) is 11.3 Å². The Hall–Kier alpha value is -4.04. The van der Waals surface area contributed by atoms with E-state index >= 15 is 0 Å². The van der Waals surface area contributed by atoms with E-state index in [4.69, 9.17) is 11.5 Å². The Morgan fingerprint density at radius 2 is 2.00 bits per heavy atom. The number of rotatable bonds is 6. The molecule has 0 bridgehead atoms. The number of nitrogens with zero attached hydrogens (tertiary/aromatic N) is 6. The molecule has 2 atom stereocenters. The lowest BCUT2D eigenvalue weighted by atomic mass is 9.91. The number of carbonyl (C=O) groups excluding carboxylic acids is 1. The molecule has 3 aromatic rings. The summed E-state index contributed by atoms with van der Waals surface area (Å²) < 4.78 is 0. The summed E-state index contributed by atoms with van der Waals surface area (Å²) in [6.07, 6.45) is 8.49. The van der Waals surface area contributed by atoms with E-state index in [0.29, 0.717) is 22.9 Å². The molecule has 11 nitrogen and oxygen atoms in total. The molecule has 1 saturated carbocycles. The van der Waals surface area contributed by atoms with Gasteiger partial charge in [0.25, 0.3) is 5.91 Å². The molecule has 6 N–H and O–H groups in total. The van der Waals surface area contributed by atoms with Crippen molar-refractivity contribution in [2.24, 2.45) is 11.5 Å². The highest BCUT2D eigenvalue weighted by molar-refractivity contribution is 5.98. The highest BCUT2D eigenvalue weighted by atomic mass is 16.1. The zero-order valence-corrected chi connectivity index (χ0v) is 16.7. The fraction of sp³-hybridized carbons (Fsp3) is 0.300. The van der Waals surface area contributed by atoms with Crippen molar-refractivity contribution in [3.63, 3.8) is 0 Å². The minimum Gasteiger partial charge on any atom is -0.365 e. The smallest absolute Gasteiger partial charge is 0.254 e. The number of hydrogen-bond acceptors (Lipinski definition) is 9. The SMILES string of the molecule is N#Cc1ccc(Nc2nc(N[C@@H]3CCCC[C@@H]3N)ncc2C(N)=O)cc1-n1nccn1. The van der Waals surface area contributed by atoms with Crippen molar-refractivity contribution in [1.29, 1.82) is 5.26 Å². The highest BCUT2D eigenvalue weighted by Gasteiger charge is 2.23. The van der Waals surface area contributed by atoms with Gasteiger partial charge in [0.1, 0.15) is 23.1 Å². The van der Waals surface area contributed by atoms with Crippen molar-refractivity contribution in [2.75, 3.05) is 10.6 Å². The Morgan fingerprint density at radius 3 is 2.71 bits per heavy atom. The lowest BCUT2D eigenvalue weighted by Crippen LogP contribution is -2.43. The molecule has 1 amide bonds. The first-order chi connectivity index (χ1) is 15.0. The van der Waals surface area contributed by atoms with Crippen LogP contribution in [0.3, 0.4) is 0 Å². The Kier molecular flexibility index (Phi) is 5.72. The second kappa shape index (κ2) is 8.76. The van der Waals surface area contributed by atoms with E-state index < -0.39 is 5.91 Å². The molecular formula is C20H22N10O. The molecule has 1 fully saturated rings. The van der Waals surface area contributed by atoms with E-state index in [1.165, 1.54) is 23.4 Å². The van der Waals surface area contributed by atoms with Gasteiger partial charge in [-0.15, -0.1) is 0 Å². The number of primary amides is 1. The van der Waals surface area contributed by atoms with Crippen molar-refractivity contribution in [1.82, 2.24) is 25.0 Å². The maximum atomic E-state index is 11.9. The van der Waals surface area contributed by atoms with Crippen molar-refractivity contribution >= 4 is 23.4 Å². The number of benzene rings is 1. The molecule has 4 rings (SSSR count). The molecular weight excluding hydrogens is 396 g/mol. The average Bonchev–Trinajstić information content (AvgIpc) is 3.30. The summed E-state index contributed by atoms with van der Waals surface area (Å²) in [5.41, 5.74) is 13.3. The van der Waals surface area contributed by atoms with Crippen LogP contribution in [0.25, 0.3) is 5.69 Å². The number of anilines is 3. The predicted octanol–water partition coefficient (Wildman–Crippen LogP) is 1.45. The van der Waals surface area contributed by atoms with Crippen LogP contribution >= 0.6 is 0 Å². The summed E-state index contributed by atoms with van der Waals surface area (Å²) in [6, 6.07) is 7.22. The quantitative estimate of drug-likeness (QED) is 0.462. The predicted molar refractivity (Wildman–Crippen MR) is 114 cm³/mol. The lowest BCUT2D eigenvalue weighted by molar-refractivity contribution is 0.100. The van der Waals surface area contributed by atoms with Gasteiger partial charge in [0.2, 0.25) is 5.95 Å². The maximum Gasteiger partial charge on any atom is 0.254 e. The van der Waals surface area contributed by atoms with Crippen LogP contribution in [-0.2, 0) is 0 Å². The van der Waals surface area contributed by atoms with Crippen LogP contribution < -0.4 is 22.1 Å². The van der Waals surface area contributed by atoms with Crippen molar-refractivity contribution in [3.05, 3.63) is 47.9 Å². The molecule has 1 aromatic carbocycles. The largest absolute Gasteiger partial charge is 0.365 e. The molecule has 1 aliphatic carbocycles. The first-order valence-corrected chi connectivity index (χ1v) is 9.92. The first kappa shape index (κ1) is 20.2. The van der Waals surface area contributed by atoms with E-state index in [0.717, 1.165) is 25.7 Å². The van der Waals surface area contributed by atoms with E-state index in [2.05, 4.69) is 36.9 Å². The van der Waals surface area contributed by atoms with Crippen LogP contribution in [0.15, 0.2) is 36.8 Å². The van der Waals surface area contributed by atoms with E-state index in [1.807, 2.05) is 0 Å². The summed E-state index contributed by atoms with van der Waals surface area (Å²) in [7, 11) is 0. The minimum absolute atomic E-state index is 0.0206. The molecule has 2 heterocycles. The molecule has 0 spiro atoms. The van der Waals surface area contributed by atoms with Gasteiger partial charge in [-0.3, -0.25) is 4.79 Å². The molecule has 31 heavy (non-hydrogen) atoms. The Balaban J connectivity index is 1.64. The Morgan fingerprint density at radius 1 is 1.23 bits per heavy atom. The molecule has 0 saturated heterocycles. The van der Waals surface area contributed by atoms with Crippen LogP contribution in [0.5, 0.6) is 0 Å². The number of nitrogens with two attached hydrogens (primary N) is 2. The number of amides is 1. The zero-order valence-electron chi connectivity index (χ0n) is 16.7. The first-order valence-electron chi connectivity index (χ1n) is 9.92. The zero-order chi connectivity index (χ0) is 21.8. The van der Waals surface area contributed by atoms with Crippen molar-refractivity contribution in [2.45, 2.75) is 37.8 Å². The monoisotopic (exact) mass is 418 g/mol. The number of hydrogen-bond donors (Lipinski definition) is 4. The molecule has 0 unspecified atom stereocenters. The molecule has 158 valence electrons. The average molecular weight is 418 g/mol. The fourth-order valence-electron chi connectivity index (χ4n) is 3.58. The third-order valence-corrected chi connectivity index (χ3v) is 5.20. The van der Waals surface area contributed by atoms with E-state index in [-0.39, 0.29) is 23.5 Å². The number of carbonyl (C=O) groups is 1. The lowest BCUT2D eigenvalue weighted by Gasteiger charge is -2.29. The maximum absolute atomic E-state index is 11.9. The van der Waals surface area contributed by atoms with Gasteiger partial charge in [-0.1, -0.05) is 12.8 Å². The van der Waals surface area contributed by atoms with Gasteiger partial charge < -0.3 is 22.1 Å². The molecule has 2 aromatic heterocycles. The second-order valence-electron chi connectivity index (χ2n) is 7.31. The van der Waals surface area contributed by atoms with Gasteiger partial charge in [0, 0.05) is 24.0 Å². The summed E-state index contributed by atoms with van der Waals surface area (Å²) in [4.78, 5) is 21.9. The number of nitrogens with one attached hydrogen (secondary N) is 2. The van der Waals surface area contributed by atoms with Gasteiger partial charge in [-0.2, -0.15) is 25.2 Å². The number of nitriles is 1. The fourth-order valence-corrected chi connectivity index (χ4v) is 3.58. The molecule has 0 radical (unpaired) electrons. The van der Waals surface area contributed by atoms with E-state index in [9.17, 15) is 10.1 Å². The van der Waals surface area contributed by atoms with Gasteiger partial charge >= 0.3 is 0 Å². The second-order valence-corrected chi connectivity index (χ2v) is 7.31. The third kappa shape index (κ3) is 4.44. The van der Waals surface area contributed by atoms with Crippen LogP contribution in [0.4, 0.5) is 17.5 Å². The Labute approximate surface area is 178 Å². The van der Waals surface area contributed by atoms with Crippen LogP contribution in [0.1, 0.15) is 41.6 Å². The van der Waals surface area contributed by atoms with Gasteiger partial charge in [0.15, 0.2) is 0 Å². The minimum atomic E-state index is -0.661. The highest BCUT2D eigenvalue weighted by Crippen LogP contribution is 2.25. The Bertz CT molecular complexity index is 1120. The number of aromatic nitrogens is 5. The summed E-state index contributed by atoms with van der Waals surface area (Å²) in [5.74, 6) is -0.0537. The van der Waals surface area contributed by atoms with Gasteiger partial charge in [0.05, 0.1) is 18.0 Å². The van der Waals surface area contributed by atoms with Crippen molar-refractivity contribution < 1.29 is 4.79 Å². The summed E-state index contributed by atoms with van der Waals surface area (Å²) >= 11 is 0. The van der Waals surface area contributed by atoms with E-state index in [1.54, 1.807) is 18.2 Å². The topological polar surface area (TPSA) is 173 Å². The van der Waals surface area contributed by atoms with Crippen LogP contribution in [0.2, 0.25) is 0 Å². The third-order valence-electron chi connectivity index (χ3n) is 5.20. The van der Waals surface area contributed by atoms with Crippen molar-refractivity contribution in [3.8, 4) is 11.8 Å². The summed E-state index contributed by atoms with van der Waals surface area (Å²) in [6.45, 7) is 0. The molecule has 1 aliphatic rings. The molecule has 0 aliphatic heterocycles. The normalized spacial score (nSPS) is 18.2. The van der Waals surface area contributed by atoms with Gasteiger partial charge in [-0.25, -0.2) is 4.98 Å². The van der Waals surface area contributed by atoms with Crippen LogP contribution in [-0.4, -0.2) is 43.0 Å².